The minimum Gasteiger partial charge on any atom is -0.444 e. The van der Waals surface area contributed by atoms with Crippen LogP contribution in [0.15, 0.2) is 42.1 Å². The number of hydrogen-bond donors (Lipinski definition) is 0. The lowest BCUT2D eigenvalue weighted by Gasteiger charge is -2.25. The molecule has 1 aromatic rings. The number of amides is 2. The number of rotatable bonds is 4. The van der Waals surface area contributed by atoms with Gasteiger partial charge in [-0.2, -0.15) is 0 Å². The molecule has 1 aromatic carbocycles. The average molecular weight is 318 g/mol. The molecule has 0 bridgehead atoms. The normalized spacial score (nSPS) is 14.7. The molecule has 124 valence electrons. The summed E-state index contributed by atoms with van der Waals surface area (Å²) in [6.07, 6.45) is 3.76. The van der Waals surface area contributed by atoms with E-state index in [1.54, 1.807) is 6.08 Å². The molecule has 0 unspecified atom stereocenters. The van der Waals surface area contributed by atoms with E-state index in [0.717, 1.165) is 29.9 Å². The van der Waals surface area contributed by atoms with Crippen LogP contribution in [0.25, 0.3) is 0 Å². The van der Waals surface area contributed by atoms with Crippen molar-refractivity contribution < 1.29 is 19.2 Å². The fourth-order valence-corrected chi connectivity index (χ4v) is 2.32. The number of ether oxygens (including phenoxy) is 1. The average Bonchev–Trinajstić information content (AvgIpc) is 2.85. The minimum absolute atomic E-state index is 0.178. The van der Waals surface area contributed by atoms with E-state index in [0.29, 0.717) is 12.2 Å². The molecule has 0 saturated carbocycles. The highest BCUT2D eigenvalue weighted by molar-refractivity contribution is 5.95. The second-order valence-corrected chi connectivity index (χ2v) is 5.26. The van der Waals surface area contributed by atoms with E-state index >= 15 is 0 Å². The Morgan fingerprint density at radius 2 is 1.96 bits per heavy atom. The molecule has 0 fully saturated rings. The third-order valence-electron chi connectivity index (χ3n) is 3.67. The van der Waals surface area contributed by atoms with Gasteiger partial charge in [0.2, 0.25) is 0 Å². The number of allylic oxidation sites excluding steroid dienone is 1. The molecular formula is C17H22N2O4. The van der Waals surface area contributed by atoms with Crippen LogP contribution in [-0.2, 0) is 21.0 Å². The summed E-state index contributed by atoms with van der Waals surface area (Å²) in [6.45, 7) is 0.639. The van der Waals surface area contributed by atoms with Gasteiger partial charge in [-0.05, 0) is 24.8 Å². The van der Waals surface area contributed by atoms with Crippen LogP contribution in [0, 0.1) is 0 Å². The van der Waals surface area contributed by atoms with Crippen LogP contribution in [0.2, 0.25) is 0 Å². The second kappa shape index (κ2) is 8.33. The van der Waals surface area contributed by atoms with Gasteiger partial charge < -0.3 is 4.74 Å². The summed E-state index contributed by atoms with van der Waals surface area (Å²) in [5.41, 5.74) is 1.21. The monoisotopic (exact) mass is 318 g/mol. The van der Waals surface area contributed by atoms with Crippen LogP contribution < -0.4 is 0 Å². The molecule has 23 heavy (non-hydrogen) atoms. The lowest BCUT2D eigenvalue weighted by Crippen LogP contribution is -2.39. The maximum absolute atomic E-state index is 12.4. The van der Waals surface area contributed by atoms with E-state index in [2.05, 4.69) is 0 Å². The van der Waals surface area contributed by atoms with E-state index in [9.17, 15) is 9.59 Å². The van der Waals surface area contributed by atoms with Gasteiger partial charge in [0.05, 0.1) is 7.11 Å². The summed E-state index contributed by atoms with van der Waals surface area (Å²) in [7, 11) is 2.93. The van der Waals surface area contributed by atoms with E-state index < -0.39 is 6.09 Å². The molecule has 2 amide bonds. The summed E-state index contributed by atoms with van der Waals surface area (Å²) >= 11 is 0. The number of nitrogens with zero attached hydrogens (tertiary/aromatic N) is 2. The lowest BCUT2D eigenvalue weighted by atomic mass is 10.2. The van der Waals surface area contributed by atoms with Crippen molar-refractivity contribution in [2.45, 2.75) is 25.9 Å². The second-order valence-electron chi connectivity index (χ2n) is 5.26. The SMILES string of the molecule is CON(C)C(=O)C1=CCCCCN1C(=O)OCc1ccccc1. The lowest BCUT2D eigenvalue weighted by molar-refractivity contribution is -0.165. The highest BCUT2D eigenvalue weighted by Crippen LogP contribution is 2.18. The fourth-order valence-electron chi connectivity index (χ4n) is 2.32. The van der Waals surface area contributed by atoms with Gasteiger partial charge in [0.15, 0.2) is 0 Å². The molecule has 0 aliphatic carbocycles. The van der Waals surface area contributed by atoms with Crippen molar-refractivity contribution in [3.63, 3.8) is 0 Å². The van der Waals surface area contributed by atoms with Crippen molar-refractivity contribution in [1.82, 2.24) is 9.96 Å². The molecule has 2 rings (SSSR count). The zero-order valence-electron chi connectivity index (χ0n) is 13.5. The first-order valence-electron chi connectivity index (χ1n) is 7.64. The van der Waals surface area contributed by atoms with Crippen LogP contribution in [0.4, 0.5) is 4.79 Å². The third kappa shape index (κ3) is 4.56. The number of carbonyl (C=O) groups excluding carboxylic acids is 2. The Kier molecular flexibility index (Phi) is 6.17. The van der Waals surface area contributed by atoms with E-state index in [1.165, 1.54) is 19.1 Å². The fraction of sp³-hybridized carbons (Fsp3) is 0.412. The number of hydroxylamine groups is 2. The Hall–Kier alpha value is -2.34. The van der Waals surface area contributed by atoms with Gasteiger partial charge in [0, 0.05) is 13.6 Å². The van der Waals surface area contributed by atoms with Gasteiger partial charge >= 0.3 is 6.09 Å². The van der Waals surface area contributed by atoms with Crippen LogP contribution in [-0.4, -0.2) is 42.7 Å². The first kappa shape index (κ1) is 17.0. The van der Waals surface area contributed by atoms with Gasteiger partial charge in [-0.15, -0.1) is 0 Å². The van der Waals surface area contributed by atoms with Gasteiger partial charge in [0.25, 0.3) is 5.91 Å². The topological polar surface area (TPSA) is 59.1 Å². The van der Waals surface area contributed by atoms with Crippen molar-refractivity contribution in [3.05, 3.63) is 47.7 Å². The zero-order chi connectivity index (χ0) is 16.7. The molecule has 0 radical (unpaired) electrons. The molecule has 1 heterocycles. The molecule has 1 aliphatic rings. The van der Waals surface area contributed by atoms with Gasteiger partial charge in [-0.1, -0.05) is 36.4 Å². The van der Waals surface area contributed by atoms with Crippen molar-refractivity contribution in [2.75, 3.05) is 20.7 Å². The van der Waals surface area contributed by atoms with Crippen LogP contribution in [0.3, 0.4) is 0 Å². The molecule has 6 heteroatoms. The highest BCUT2D eigenvalue weighted by atomic mass is 16.7. The summed E-state index contributed by atoms with van der Waals surface area (Å²) in [5.74, 6) is -0.355. The first-order chi connectivity index (χ1) is 11.1. The van der Waals surface area contributed by atoms with Crippen molar-refractivity contribution >= 4 is 12.0 Å². The molecule has 0 aromatic heterocycles. The molecule has 6 nitrogen and oxygen atoms in total. The molecule has 0 atom stereocenters. The quantitative estimate of drug-likeness (QED) is 0.801. The van der Waals surface area contributed by atoms with Crippen molar-refractivity contribution in [3.8, 4) is 0 Å². The predicted octanol–water partition coefficient (Wildman–Crippen LogP) is 2.71. The van der Waals surface area contributed by atoms with Crippen molar-refractivity contribution in [1.29, 1.82) is 0 Å². The Morgan fingerprint density at radius 3 is 2.65 bits per heavy atom. The maximum Gasteiger partial charge on any atom is 0.414 e. The van der Waals surface area contributed by atoms with E-state index in [-0.39, 0.29) is 12.5 Å². The van der Waals surface area contributed by atoms with Gasteiger partial charge in [0.1, 0.15) is 12.3 Å². The molecule has 0 N–H and O–H groups in total. The minimum atomic E-state index is -0.514. The van der Waals surface area contributed by atoms with Crippen LogP contribution in [0.1, 0.15) is 24.8 Å². The van der Waals surface area contributed by atoms with Crippen LogP contribution >= 0.6 is 0 Å². The number of benzene rings is 1. The van der Waals surface area contributed by atoms with Gasteiger partial charge in [-0.3, -0.25) is 14.5 Å². The highest BCUT2D eigenvalue weighted by Gasteiger charge is 2.28. The zero-order valence-corrected chi connectivity index (χ0v) is 13.5. The summed E-state index contributed by atoms with van der Waals surface area (Å²) in [5, 5.41) is 1.11. The molecule has 1 aliphatic heterocycles. The number of likely N-dealkylation sites (N-methyl/N-ethyl adjacent to an activating group) is 1. The Labute approximate surface area is 136 Å². The van der Waals surface area contributed by atoms with E-state index in [4.69, 9.17) is 9.57 Å². The smallest absolute Gasteiger partial charge is 0.414 e. The van der Waals surface area contributed by atoms with E-state index in [1.807, 2.05) is 30.3 Å². The Morgan fingerprint density at radius 1 is 1.22 bits per heavy atom. The maximum atomic E-state index is 12.4. The number of carbonyl (C=O) groups is 2. The standard InChI is InChI=1S/C17H22N2O4/c1-18(22-2)16(20)15-11-7-4-8-12-19(15)17(21)23-13-14-9-5-3-6-10-14/h3,5-6,9-11H,4,7-8,12-13H2,1-2H3. The van der Waals surface area contributed by atoms with Gasteiger partial charge in [-0.25, -0.2) is 9.86 Å². The third-order valence-corrected chi connectivity index (χ3v) is 3.67. The van der Waals surface area contributed by atoms with Crippen LogP contribution in [0.5, 0.6) is 0 Å². The Bertz CT molecular complexity index is 571. The first-order valence-corrected chi connectivity index (χ1v) is 7.64. The number of hydrogen-bond acceptors (Lipinski definition) is 4. The summed E-state index contributed by atoms with van der Waals surface area (Å²) in [6, 6.07) is 9.45. The molecule has 0 saturated heterocycles. The molecular weight excluding hydrogens is 296 g/mol. The van der Waals surface area contributed by atoms with Crippen molar-refractivity contribution in [2.24, 2.45) is 0 Å². The predicted molar refractivity (Wildman–Crippen MR) is 85.0 cm³/mol. The summed E-state index contributed by atoms with van der Waals surface area (Å²) < 4.78 is 5.35. The Balaban J connectivity index is 2.07. The largest absolute Gasteiger partial charge is 0.444 e. The summed E-state index contributed by atoms with van der Waals surface area (Å²) in [4.78, 5) is 31.1. The molecule has 0 spiro atoms.